The van der Waals surface area contributed by atoms with Gasteiger partial charge in [0.2, 0.25) is 11.8 Å². The molecule has 47 heavy (non-hydrogen) atoms. The van der Waals surface area contributed by atoms with Gasteiger partial charge in [-0.25, -0.2) is 0 Å². The molecule has 3 aliphatic heterocycles. The summed E-state index contributed by atoms with van der Waals surface area (Å²) in [5.74, 6) is -3.05. The fraction of sp³-hybridized carbons (Fsp3) is 0.342. The first-order valence-corrected chi connectivity index (χ1v) is 16.3. The van der Waals surface area contributed by atoms with E-state index in [-0.39, 0.29) is 36.7 Å². The van der Waals surface area contributed by atoms with E-state index in [4.69, 9.17) is 16.3 Å². The Bertz CT molecular complexity index is 1670. The lowest BCUT2D eigenvalue weighted by molar-refractivity contribution is -0.149. The normalized spacial score (nSPS) is 28.1. The summed E-state index contributed by atoms with van der Waals surface area (Å²) in [6.07, 6.45) is 3.67. The van der Waals surface area contributed by atoms with Gasteiger partial charge in [0.25, 0.3) is 5.91 Å². The molecule has 3 heterocycles. The SMILES string of the molecule is C=CCN(C(=O)C1N([C@H](CO)c2ccccc2)C(=O)[C@@H]2[C@H](C(=O)N(CC=C)c3ccccc3)[C@@]3(C)OC12CC3C)c1ccc(Cl)cc1. The van der Waals surface area contributed by atoms with Crippen LogP contribution in [0, 0.1) is 17.8 Å². The molecule has 3 aromatic rings. The van der Waals surface area contributed by atoms with Crippen LogP contribution in [-0.4, -0.2) is 64.7 Å². The number of amides is 3. The molecule has 0 saturated carbocycles. The Labute approximate surface area is 280 Å². The topological polar surface area (TPSA) is 90.4 Å². The number of nitrogens with zero attached hydrogens (tertiary/aromatic N) is 3. The number of rotatable bonds is 11. The number of aliphatic hydroxyl groups is 1. The van der Waals surface area contributed by atoms with E-state index in [1.54, 1.807) is 46.2 Å². The summed E-state index contributed by atoms with van der Waals surface area (Å²) in [4.78, 5) is 49.6. The molecular weight excluding hydrogens is 614 g/mol. The van der Waals surface area contributed by atoms with E-state index < -0.39 is 41.7 Å². The van der Waals surface area contributed by atoms with E-state index in [0.29, 0.717) is 28.4 Å². The molecule has 3 fully saturated rings. The first-order chi connectivity index (χ1) is 22.6. The summed E-state index contributed by atoms with van der Waals surface area (Å²) in [6.45, 7) is 11.7. The van der Waals surface area contributed by atoms with E-state index in [2.05, 4.69) is 13.2 Å². The quantitative estimate of drug-likeness (QED) is 0.264. The smallest absolute Gasteiger partial charge is 0.253 e. The number of benzene rings is 3. The Kier molecular flexibility index (Phi) is 8.87. The van der Waals surface area contributed by atoms with Gasteiger partial charge in [0, 0.05) is 29.5 Å². The summed E-state index contributed by atoms with van der Waals surface area (Å²) >= 11 is 6.20. The minimum absolute atomic E-state index is 0.158. The van der Waals surface area contributed by atoms with Crippen molar-refractivity contribution in [1.29, 1.82) is 0 Å². The molecule has 8 nitrogen and oxygen atoms in total. The second-order valence-electron chi connectivity index (χ2n) is 12.8. The first kappa shape index (κ1) is 32.7. The van der Waals surface area contributed by atoms with Crippen LogP contribution in [0.15, 0.2) is 110 Å². The summed E-state index contributed by atoms with van der Waals surface area (Å²) in [6, 6.07) is 23.4. The van der Waals surface area contributed by atoms with Crippen LogP contribution in [0.25, 0.3) is 0 Å². The molecule has 244 valence electrons. The zero-order valence-corrected chi connectivity index (χ0v) is 27.4. The van der Waals surface area contributed by atoms with Crippen LogP contribution >= 0.6 is 11.6 Å². The highest BCUT2D eigenvalue weighted by Gasteiger charge is 2.80. The Hall–Kier alpha value is -4.24. The predicted molar refractivity (Wildman–Crippen MR) is 183 cm³/mol. The molecule has 6 rings (SSSR count). The molecule has 7 atom stereocenters. The number of ether oxygens (including phenoxy) is 1. The highest BCUT2D eigenvalue weighted by Crippen LogP contribution is 2.66. The third-order valence-electron chi connectivity index (χ3n) is 10.3. The minimum atomic E-state index is -1.33. The Morgan fingerprint density at radius 1 is 0.957 bits per heavy atom. The molecule has 1 spiro atoms. The van der Waals surface area contributed by atoms with Gasteiger partial charge in [-0.15, -0.1) is 13.2 Å². The molecule has 9 heteroatoms. The van der Waals surface area contributed by atoms with Crippen molar-refractivity contribution in [2.75, 3.05) is 29.5 Å². The zero-order chi connectivity index (χ0) is 33.5. The number of halogens is 1. The average molecular weight is 654 g/mol. The fourth-order valence-electron chi connectivity index (χ4n) is 8.15. The number of carbonyl (C=O) groups is 3. The van der Waals surface area contributed by atoms with E-state index >= 15 is 9.59 Å². The van der Waals surface area contributed by atoms with Crippen molar-refractivity contribution in [1.82, 2.24) is 4.90 Å². The van der Waals surface area contributed by atoms with Crippen LogP contribution in [0.3, 0.4) is 0 Å². The first-order valence-electron chi connectivity index (χ1n) is 16.0. The molecule has 2 bridgehead atoms. The maximum Gasteiger partial charge on any atom is 0.253 e. The van der Waals surface area contributed by atoms with Crippen molar-refractivity contribution in [3.63, 3.8) is 0 Å². The largest absolute Gasteiger partial charge is 0.394 e. The van der Waals surface area contributed by atoms with Gasteiger partial charge in [-0.05, 0) is 61.2 Å². The summed E-state index contributed by atoms with van der Waals surface area (Å²) in [5.41, 5.74) is -0.423. The summed E-state index contributed by atoms with van der Waals surface area (Å²) in [7, 11) is 0. The van der Waals surface area contributed by atoms with E-state index in [1.165, 1.54) is 4.90 Å². The van der Waals surface area contributed by atoms with Crippen molar-refractivity contribution in [2.45, 2.75) is 43.6 Å². The lowest BCUT2D eigenvalue weighted by atomic mass is 9.62. The Balaban J connectivity index is 1.52. The highest BCUT2D eigenvalue weighted by molar-refractivity contribution is 6.30. The molecule has 0 aromatic heterocycles. The number of likely N-dealkylation sites (tertiary alicyclic amines) is 1. The van der Waals surface area contributed by atoms with Gasteiger partial charge >= 0.3 is 0 Å². The minimum Gasteiger partial charge on any atom is -0.394 e. The number of para-hydroxylation sites is 1. The number of anilines is 2. The van der Waals surface area contributed by atoms with Crippen LogP contribution in [0.4, 0.5) is 11.4 Å². The van der Waals surface area contributed by atoms with Crippen LogP contribution < -0.4 is 9.80 Å². The van der Waals surface area contributed by atoms with Crippen molar-refractivity contribution >= 4 is 40.7 Å². The number of hydrogen-bond donors (Lipinski definition) is 1. The molecule has 3 unspecified atom stereocenters. The lowest BCUT2D eigenvalue weighted by Crippen LogP contribution is -2.57. The lowest BCUT2D eigenvalue weighted by Gasteiger charge is -2.39. The summed E-state index contributed by atoms with van der Waals surface area (Å²) < 4.78 is 7.02. The monoisotopic (exact) mass is 653 g/mol. The Morgan fingerprint density at radius 3 is 2.09 bits per heavy atom. The molecule has 1 N–H and O–H groups in total. The average Bonchev–Trinajstić information content (AvgIpc) is 3.60. The van der Waals surface area contributed by atoms with Gasteiger partial charge < -0.3 is 24.5 Å². The highest BCUT2D eigenvalue weighted by atomic mass is 35.5. The number of hydrogen-bond acceptors (Lipinski definition) is 5. The Morgan fingerprint density at radius 2 is 1.51 bits per heavy atom. The summed E-state index contributed by atoms with van der Waals surface area (Å²) in [5, 5.41) is 11.4. The van der Waals surface area contributed by atoms with Crippen molar-refractivity contribution in [2.24, 2.45) is 17.8 Å². The van der Waals surface area contributed by atoms with Crippen LogP contribution in [0.2, 0.25) is 5.02 Å². The van der Waals surface area contributed by atoms with E-state index in [1.807, 2.05) is 74.5 Å². The van der Waals surface area contributed by atoms with Gasteiger partial charge in [0.15, 0.2) is 0 Å². The molecule has 3 aliphatic rings. The maximum atomic E-state index is 15.1. The van der Waals surface area contributed by atoms with Crippen LogP contribution in [-0.2, 0) is 19.1 Å². The van der Waals surface area contributed by atoms with Crippen LogP contribution in [0.1, 0.15) is 31.9 Å². The van der Waals surface area contributed by atoms with Gasteiger partial charge in [0.1, 0.15) is 11.6 Å². The number of carbonyl (C=O) groups excluding carboxylic acids is 3. The third kappa shape index (κ3) is 5.19. The van der Waals surface area contributed by atoms with Crippen molar-refractivity contribution < 1.29 is 24.2 Å². The van der Waals surface area contributed by atoms with Gasteiger partial charge in [0.05, 0.1) is 30.1 Å². The molecule has 0 radical (unpaired) electrons. The maximum absolute atomic E-state index is 15.1. The molecule has 3 saturated heterocycles. The third-order valence-corrected chi connectivity index (χ3v) is 10.6. The van der Waals surface area contributed by atoms with Gasteiger partial charge in [-0.1, -0.05) is 79.2 Å². The van der Waals surface area contributed by atoms with E-state index in [0.717, 1.165) is 0 Å². The number of fused-ring (bicyclic) bond motifs is 1. The standard InChI is InChI=1S/C38H40ClN3O5/c1-5-21-40(28-15-11-8-12-16-28)34(44)31-32-35(45)42(30(24-43)26-13-9-7-10-14-26)33(38(32)23-25(3)37(31,4)47-38)36(46)41(22-6-2)29-19-17-27(39)18-20-29/h5-20,25,30-33,43H,1-2,21-24H2,3-4H3/t25?,30-,31-,32+,33?,37+,38?/m1/s1. The van der Waals surface area contributed by atoms with Gasteiger partial charge in [-0.3, -0.25) is 14.4 Å². The fourth-order valence-corrected chi connectivity index (χ4v) is 8.27. The van der Waals surface area contributed by atoms with Crippen molar-refractivity contribution in [3.8, 4) is 0 Å². The second-order valence-corrected chi connectivity index (χ2v) is 13.3. The molecular formula is C38H40ClN3O5. The second kappa shape index (κ2) is 12.8. The van der Waals surface area contributed by atoms with Crippen LogP contribution in [0.5, 0.6) is 0 Å². The van der Waals surface area contributed by atoms with E-state index in [9.17, 15) is 9.90 Å². The molecule has 0 aliphatic carbocycles. The zero-order valence-electron chi connectivity index (χ0n) is 26.7. The molecule has 3 amide bonds. The number of aliphatic hydroxyl groups excluding tert-OH is 1. The predicted octanol–water partition coefficient (Wildman–Crippen LogP) is 5.82. The van der Waals surface area contributed by atoms with Crippen molar-refractivity contribution in [3.05, 3.63) is 121 Å². The van der Waals surface area contributed by atoms with Gasteiger partial charge in [-0.2, -0.15) is 0 Å². The molecule has 3 aromatic carbocycles.